The second kappa shape index (κ2) is 6.80. The van der Waals surface area contributed by atoms with E-state index in [2.05, 4.69) is 15.8 Å². The van der Waals surface area contributed by atoms with Crippen molar-refractivity contribution in [2.75, 3.05) is 26.2 Å². The maximum Gasteiger partial charge on any atom is 0.410 e. The van der Waals surface area contributed by atoms with Crippen LogP contribution in [0.1, 0.15) is 32.0 Å². The Hall–Kier alpha value is -2.06. The van der Waals surface area contributed by atoms with Crippen LogP contribution in [-0.2, 0) is 11.3 Å². The summed E-state index contributed by atoms with van der Waals surface area (Å²) in [4.78, 5) is 20.4. The molecule has 0 spiro atoms. The summed E-state index contributed by atoms with van der Waals surface area (Å²) >= 11 is 0. The van der Waals surface area contributed by atoms with Crippen molar-refractivity contribution in [3.63, 3.8) is 0 Å². The van der Waals surface area contributed by atoms with Gasteiger partial charge in [0.25, 0.3) is 0 Å². The van der Waals surface area contributed by atoms with Gasteiger partial charge in [-0.2, -0.15) is 0 Å². The molecule has 1 aromatic heterocycles. The van der Waals surface area contributed by atoms with Crippen LogP contribution in [0, 0.1) is 12.3 Å². The summed E-state index contributed by atoms with van der Waals surface area (Å²) < 4.78 is 5.39. The van der Waals surface area contributed by atoms with Crippen LogP contribution in [0.2, 0.25) is 0 Å². The molecule has 1 aliphatic rings. The number of hydrogen-bond acceptors (Lipinski definition) is 4. The summed E-state index contributed by atoms with van der Waals surface area (Å²) in [6.45, 7) is 9.41. The van der Waals surface area contributed by atoms with Crippen molar-refractivity contribution >= 4 is 6.09 Å². The highest BCUT2D eigenvalue weighted by Crippen LogP contribution is 2.13. The lowest BCUT2D eigenvalue weighted by Gasteiger charge is -2.35. The van der Waals surface area contributed by atoms with Crippen LogP contribution in [0.3, 0.4) is 0 Å². The molecule has 22 heavy (non-hydrogen) atoms. The number of hydrogen-bond donors (Lipinski definition) is 0. The molecule has 1 amide bonds. The first kappa shape index (κ1) is 16.3. The third-order valence-corrected chi connectivity index (χ3v) is 3.40. The molecular weight excluding hydrogens is 278 g/mol. The molecule has 0 radical (unpaired) electrons. The molecule has 0 saturated carbocycles. The van der Waals surface area contributed by atoms with Crippen molar-refractivity contribution in [2.24, 2.45) is 0 Å². The zero-order chi connectivity index (χ0) is 16.2. The molecule has 0 aromatic carbocycles. The molecule has 0 unspecified atom stereocenters. The number of rotatable bonds is 2. The van der Waals surface area contributed by atoms with Crippen LogP contribution in [0.5, 0.6) is 0 Å². The van der Waals surface area contributed by atoms with Crippen LogP contribution >= 0.6 is 0 Å². The summed E-state index contributed by atoms with van der Waals surface area (Å²) in [5, 5.41) is 0. The third-order valence-electron chi connectivity index (χ3n) is 3.40. The Morgan fingerprint density at radius 2 is 2.00 bits per heavy atom. The van der Waals surface area contributed by atoms with E-state index in [0.717, 1.165) is 30.9 Å². The van der Waals surface area contributed by atoms with E-state index in [-0.39, 0.29) is 6.09 Å². The molecule has 1 aliphatic heterocycles. The van der Waals surface area contributed by atoms with Crippen LogP contribution in [0.4, 0.5) is 4.79 Å². The largest absolute Gasteiger partial charge is 0.444 e. The molecule has 118 valence electrons. The van der Waals surface area contributed by atoms with Crippen molar-refractivity contribution < 1.29 is 9.53 Å². The van der Waals surface area contributed by atoms with Crippen LogP contribution in [0.25, 0.3) is 0 Å². The summed E-state index contributed by atoms with van der Waals surface area (Å²) in [5.74, 6) is 2.56. The molecule has 0 N–H and O–H groups in total. The van der Waals surface area contributed by atoms with E-state index in [9.17, 15) is 4.79 Å². The minimum Gasteiger partial charge on any atom is -0.444 e. The standard InChI is InChI=1S/C17H23N3O2/c1-5-14-6-7-15(18-12-14)13-19-8-10-20(11-9-19)16(21)22-17(2,3)4/h1,6-7,12H,8-11,13H2,2-4H3. The quantitative estimate of drug-likeness (QED) is 0.785. The highest BCUT2D eigenvalue weighted by molar-refractivity contribution is 5.68. The number of pyridine rings is 1. The van der Waals surface area contributed by atoms with Gasteiger partial charge in [0, 0.05) is 44.5 Å². The zero-order valence-electron chi connectivity index (χ0n) is 13.5. The Labute approximate surface area is 132 Å². The minimum atomic E-state index is -0.448. The normalized spacial score (nSPS) is 16.2. The van der Waals surface area contributed by atoms with Gasteiger partial charge in [-0.15, -0.1) is 6.42 Å². The maximum absolute atomic E-state index is 12.0. The Kier molecular flexibility index (Phi) is 5.04. The number of nitrogens with zero attached hydrogens (tertiary/aromatic N) is 3. The molecule has 0 aliphatic carbocycles. The monoisotopic (exact) mass is 301 g/mol. The fourth-order valence-corrected chi connectivity index (χ4v) is 2.25. The SMILES string of the molecule is C#Cc1ccc(CN2CCN(C(=O)OC(C)(C)C)CC2)nc1. The van der Waals surface area contributed by atoms with Gasteiger partial charge in [-0.05, 0) is 32.9 Å². The molecule has 5 nitrogen and oxygen atoms in total. The Morgan fingerprint density at radius 3 is 2.50 bits per heavy atom. The van der Waals surface area contributed by atoms with Gasteiger partial charge in [0.1, 0.15) is 5.60 Å². The van der Waals surface area contributed by atoms with Gasteiger partial charge in [0.05, 0.1) is 5.69 Å². The van der Waals surface area contributed by atoms with Crippen molar-refractivity contribution in [3.8, 4) is 12.3 Å². The molecule has 5 heteroatoms. The van der Waals surface area contributed by atoms with Gasteiger partial charge < -0.3 is 9.64 Å². The Balaban J connectivity index is 1.82. The summed E-state index contributed by atoms with van der Waals surface area (Å²) in [5.41, 5.74) is 1.33. The molecular formula is C17H23N3O2. The number of aromatic nitrogens is 1. The second-order valence-corrected chi connectivity index (χ2v) is 6.43. The summed E-state index contributed by atoms with van der Waals surface area (Å²) in [6.07, 6.45) is 6.80. The number of carbonyl (C=O) groups excluding carboxylic acids is 1. The van der Waals surface area contributed by atoms with Gasteiger partial charge in [0.2, 0.25) is 0 Å². The first-order valence-electron chi connectivity index (χ1n) is 7.49. The van der Waals surface area contributed by atoms with Gasteiger partial charge >= 0.3 is 6.09 Å². The number of carbonyl (C=O) groups is 1. The van der Waals surface area contributed by atoms with E-state index in [0.29, 0.717) is 13.1 Å². The van der Waals surface area contributed by atoms with Crippen molar-refractivity contribution in [2.45, 2.75) is 32.9 Å². The lowest BCUT2D eigenvalue weighted by Crippen LogP contribution is -2.49. The van der Waals surface area contributed by atoms with E-state index >= 15 is 0 Å². The average Bonchev–Trinajstić information content (AvgIpc) is 2.47. The Bertz CT molecular complexity index is 547. The van der Waals surface area contributed by atoms with E-state index < -0.39 is 5.60 Å². The highest BCUT2D eigenvalue weighted by atomic mass is 16.6. The van der Waals surface area contributed by atoms with Gasteiger partial charge in [-0.3, -0.25) is 9.88 Å². The average molecular weight is 301 g/mol. The van der Waals surface area contributed by atoms with Crippen molar-refractivity contribution in [3.05, 3.63) is 29.6 Å². The van der Waals surface area contributed by atoms with E-state index in [4.69, 9.17) is 11.2 Å². The first-order chi connectivity index (χ1) is 10.4. The summed E-state index contributed by atoms with van der Waals surface area (Å²) in [6, 6.07) is 3.86. The molecule has 0 atom stereocenters. The van der Waals surface area contributed by atoms with Gasteiger partial charge in [-0.1, -0.05) is 5.92 Å². The number of piperazine rings is 1. The molecule has 1 aromatic rings. The van der Waals surface area contributed by atoms with E-state index in [1.54, 1.807) is 11.1 Å². The third kappa shape index (κ3) is 4.74. The number of amides is 1. The van der Waals surface area contributed by atoms with E-state index in [1.807, 2.05) is 32.9 Å². The van der Waals surface area contributed by atoms with E-state index in [1.165, 1.54) is 0 Å². The van der Waals surface area contributed by atoms with Crippen LogP contribution in [-0.4, -0.2) is 52.7 Å². The Morgan fingerprint density at radius 1 is 1.32 bits per heavy atom. The minimum absolute atomic E-state index is 0.233. The molecule has 0 bridgehead atoms. The first-order valence-corrected chi connectivity index (χ1v) is 7.49. The van der Waals surface area contributed by atoms with Gasteiger partial charge in [0.15, 0.2) is 0 Å². The number of ether oxygens (including phenoxy) is 1. The molecule has 1 fully saturated rings. The topological polar surface area (TPSA) is 45.7 Å². The number of terminal acetylenes is 1. The lowest BCUT2D eigenvalue weighted by molar-refractivity contribution is 0.0138. The fraction of sp³-hybridized carbons (Fsp3) is 0.529. The lowest BCUT2D eigenvalue weighted by atomic mass is 10.2. The molecule has 2 rings (SSSR count). The smallest absolute Gasteiger partial charge is 0.410 e. The predicted octanol–water partition coefficient (Wildman–Crippen LogP) is 2.12. The highest BCUT2D eigenvalue weighted by Gasteiger charge is 2.25. The molecule has 1 saturated heterocycles. The van der Waals surface area contributed by atoms with Crippen LogP contribution in [0.15, 0.2) is 18.3 Å². The molecule has 2 heterocycles. The fourth-order valence-electron chi connectivity index (χ4n) is 2.25. The predicted molar refractivity (Wildman–Crippen MR) is 85.3 cm³/mol. The second-order valence-electron chi connectivity index (χ2n) is 6.43. The van der Waals surface area contributed by atoms with Crippen LogP contribution < -0.4 is 0 Å². The van der Waals surface area contributed by atoms with Crippen molar-refractivity contribution in [1.82, 2.24) is 14.8 Å². The zero-order valence-corrected chi connectivity index (χ0v) is 13.5. The van der Waals surface area contributed by atoms with Gasteiger partial charge in [-0.25, -0.2) is 4.79 Å². The maximum atomic E-state index is 12.0. The summed E-state index contributed by atoms with van der Waals surface area (Å²) in [7, 11) is 0. The van der Waals surface area contributed by atoms with Crippen molar-refractivity contribution in [1.29, 1.82) is 0 Å².